The second-order valence-corrected chi connectivity index (χ2v) is 7.57. The number of hydrogen-bond donors (Lipinski definition) is 1. The van der Waals surface area contributed by atoms with E-state index in [2.05, 4.69) is 34.1 Å². The van der Waals surface area contributed by atoms with Gasteiger partial charge >= 0.3 is 0 Å². The number of nitrogens with two attached hydrogens (primary N) is 1. The number of nitriles is 3. The molecular weight excluding hydrogens is 406 g/mol. The maximum atomic E-state index is 11.9. The Morgan fingerprint density at radius 1 is 1.33 bits per heavy atom. The molecule has 1 aliphatic carbocycles. The molecule has 2 aliphatic rings. The minimum Gasteiger partial charge on any atom is -0.399 e. The SMILES string of the molecule is CC(=O)N1CC=C2C(C#N)=C(N)C(C#N)(C#N)[C@@H](c3cccc(Br)c3)[C@H]2C1. The Morgan fingerprint density at radius 2 is 2.04 bits per heavy atom. The average molecular weight is 422 g/mol. The molecule has 1 aliphatic heterocycles. The van der Waals surface area contributed by atoms with Gasteiger partial charge < -0.3 is 10.6 Å². The van der Waals surface area contributed by atoms with E-state index in [0.717, 1.165) is 10.0 Å². The van der Waals surface area contributed by atoms with Crippen LogP contribution in [-0.4, -0.2) is 23.9 Å². The van der Waals surface area contributed by atoms with Crippen molar-refractivity contribution in [1.29, 1.82) is 15.8 Å². The fraction of sp³-hybridized carbons (Fsp3) is 0.300. The van der Waals surface area contributed by atoms with Crippen molar-refractivity contribution in [1.82, 2.24) is 4.90 Å². The first-order chi connectivity index (χ1) is 12.9. The Bertz CT molecular complexity index is 990. The van der Waals surface area contributed by atoms with Gasteiger partial charge in [0.15, 0.2) is 5.41 Å². The van der Waals surface area contributed by atoms with Gasteiger partial charge in [-0.25, -0.2) is 0 Å². The zero-order valence-electron chi connectivity index (χ0n) is 14.6. The van der Waals surface area contributed by atoms with Crippen molar-refractivity contribution in [3.63, 3.8) is 0 Å². The Labute approximate surface area is 165 Å². The molecule has 1 heterocycles. The minimum atomic E-state index is -1.69. The van der Waals surface area contributed by atoms with Gasteiger partial charge in [0.1, 0.15) is 6.07 Å². The molecule has 3 rings (SSSR count). The highest BCUT2D eigenvalue weighted by Gasteiger charge is 2.54. The third-order valence-corrected chi connectivity index (χ3v) is 5.81. The lowest BCUT2D eigenvalue weighted by atomic mass is 9.58. The molecule has 0 saturated carbocycles. The van der Waals surface area contributed by atoms with E-state index in [1.165, 1.54) is 6.92 Å². The van der Waals surface area contributed by atoms with Crippen LogP contribution in [0.1, 0.15) is 18.4 Å². The molecule has 2 N–H and O–H groups in total. The van der Waals surface area contributed by atoms with Crippen LogP contribution in [0.3, 0.4) is 0 Å². The smallest absolute Gasteiger partial charge is 0.219 e. The molecule has 0 radical (unpaired) electrons. The number of hydrogen-bond acceptors (Lipinski definition) is 5. The number of halogens is 1. The highest BCUT2D eigenvalue weighted by Crippen LogP contribution is 2.54. The molecule has 0 fully saturated rings. The van der Waals surface area contributed by atoms with Gasteiger partial charge in [-0.05, 0) is 23.3 Å². The van der Waals surface area contributed by atoms with Crippen LogP contribution in [0.5, 0.6) is 0 Å². The van der Waals surface area contributed by atoms with Crippen molar-refractivity contribution in [2.24, 2.45) is 17.1 Å². The third kappa shape index (κ3) is 2.79. The molecule has 0 bridgehead atoms. The van der Waals surface area contributed by atoms with Gasteiger partial charge in [-0.1, -0.05) is 34.1 Å². The van der Waals surface area contributed by atoms with E-state index < -0.39 is 11.3 Å². The third-order valence-electron chi connectivity index (χ3n) is 5.32. The first-order valence-corrected chi connectivity index (χ1v) is 9.13. The van der Waals surface area contributed by atoms with Gasteiger partial charge in [0, 0.05) is 36.3 Å². The molecule has 6 nitrogen and oxygen atoms in total. The van der Waals surface area contributed by atoms with E-state index in [4.69, 9.17) is 5.73 Å². The summed E-state index contributed by atoms with van der Waals surface area (Å²) in [4.78, 5) is 13.6. The molecule has 7 heteroatoms. The largest absolute Gasteiger partial charge is 0.399 e. The number of rotatable bonds is 1. The van der Waals surface area contributed by atoms with Crippen LogP contribution in [0.15, 0.2) is 51.7 Å². The monoisotopic (exact) mass is 421 g/mol. The summed E-state index contributed by atoms with van der Waals surface area (Å²) in [6.45, 7) is 2.17. The van der Waals surface area contributed by atoms with E-state index in [0.29, 0.717) is 18.7 Å². The van der Waals surface area contributed by atoms with Crippen LogP contribution >= 0.6 is 15.9 Å². The quantitative estimate of drug-likeness (QED) is 0.747. The predicted octanol–water partition coefficient (Wildman–Crippen LogP) is 2.72. The maximum absolute atomic E-state index is 11.9. The summed E-state index contributed by atoms with van der Waals surface area (Å²) in [7, 11) is 0. The lowest BCUT2D eigenvalue weighted by molar-refractivity contribution is -0.129. The number of amides is 1. The van der Waals surface area contributed by atoms with Crippen molar-refractivity contribution in [2.75, 3.05) is 13.1 Å². The molecule has 2 atom stereocenters. The molecule has 1 aromatic carbocycles. The van der Waals surface area contributed by atoms with E-state index in [1.54, 1.807) is 4.90 Å². The lowest BCUT2D eigenvalue weighted by Crippen LogP contribution is -2.48. The van der Waals surface area contributed by atoms with Crippen LogP contribution in [0.25, 0.3) is 0 Å². The molecule has 27 heavy (non-hydrogen) atoms. The highest BCUT2D eigenvalue weighted by molar-refractivity contribution is 9.10. The van der Waals surface area contributed by atoms with E-state index in [1.807, 2.05) is 30.3 Å². The van der Waals surface area contributed by atoms with Crippen molar-refractivity contribution < 1.29 is 4.79 Å². The van der Waals surface area contributed by atoms with Gasteiger partial charge in [-0.2, -0.15) is 15.8 Å². The summed E-state index contributed by atoms with van der Waals surface area (Å²) in [6.07, 6.45) is 1.81. The number of carbonyl (C=O) groups excluding carboxylic acids is 1. The summed E-state index contributed by atoms with van der Waals surface area (Å²) in [5.74, 6) is -1.08. The number of nitrogens with zero attached hydrogens (tertiary/aromatic N) is 4. The van der Waals surface area contributed by atoms with Gasteiger partial charge in [-0.3, -0.25) is 4.79 Å². The Kier molecular flexibility index (Phi) is 4.79. The Hall–Kier alpha value is -3.08. The zero-order chi connectivity index (χ0) is 19.8. The summed E-state index contributed by atoms with van der Waals surface area (Å²) in [5.41, 5.74) is 6.18. The molecule has 1 aromatic rings. The van der Waals surface area contributed by atoms with E-state index >= 15 is 0 Å². The van der Waals surface area contributed by atoms with Crippen LogP contribution in [0.2, 0.25) is 0 Å². The van der Waals surface area contributed by atoms with E-state index in [9.17, 15) is 20.6 Å². The normalized spacial score (nSPS) is 23.4. The minimum absolute atomic E-state index is 0.0150. The van der Waals surface area contributed by atoms with Crippen molar-refractivity contribution in [3.05, 3.63) is 57.2 Å². The van der Waals surface area contributed by atoms with E-state index in [-0.39, 0.29) is 23.1 Å². The lowest BCUT2D eigenvalue weighted by Gasteiger charge is -2.45. The Balaban J connectivity index is 2.32. The molecular formula is C20H16BrN5O. The van der Waals surface area contributed by atoms with Crippen molar-refractivity contribution >= 4 is 21.8 Å². The Morgan fingerprint density at radius 3 is 2.59 bits per heavy atom. The second-order valence-electron chi connectivity index (χ2n) is 6.65. The molecule has 134 valence electrons. The molecule has 1 amide bonds. The van der Waals surface area contributed by atoms with Crippen molar-refractivity contribution in [2.45, 2.75) is 12.8 Å². The molecule has 0 aromatic heterocycles. The first-order valence-electron chi connectivity index (χ1n) is 8.33. The number of carbonyl (C=O) groups is 1. The fourth-order valence-corrected chi connectivity index (χ4v) is 4.43. The van der Waals surface area contributed by atoms with Gasteiger partial charge in [-0.15, -0.1) is 0 Å². The number of allylic oxidation sites excluding steroid dienone is 2. The zero-order valence-corrected chi connectivity index (χ0v) is 16.2. The first kappa shape index (κ1) is 18.7. The van der Waals surface area contributed by atoms with Crippen LogP contribution in [0, 0.1) is 45.3 Å². The predicted molar refractivity (Wildman–Crippen MR) is 101 cm³/mol. The van der Waals surface area contributed by atoms with Gasteiger partial charge in [0.05, 0.1) is 23.4 Å². The highest BCUT2D eigenvalue weighted by atomic mass is 79.9. The van der Waals surface area contributed by atoms with Crippen LogP contribution < -0.4 is 5.73 Å². The maximum Gasteiger partial charge on any atom is 0.219 e. The molecule has 0 spiro atoms. The number of fused-ring (bicyclic) bond motifs is 1. The topological polar surface area (TPSA) is 118 Å². The summed E-state index contributed by atoms with van der Waals surface area (Å²) in [6, 6.07) is 13.6. The van der Waals surface area contributed by atoms with Crippen LogP contribution in [0.4, 0.5) is 0 Å². The van der Waals surface area contributed by atoms with Crippen LogP contribution in [-0.2, 0) is 4.79 Å². The summed E-state index contributed by atoms with van der Waals surface area (Å²) in [5, 5.41) is 29.6. The average Bonchev–Trinajstić information content (AvgIpc) is 2.66. The van der Waals surface area contributed by atoms with Crippen molar-refractivity contribution in [3.8, 4) is 18.2 Å². The van der Waals surface area contributed by atoms with Gasteiger partial charge in [0.25, 0.3) is 0 Å². The second kappa shape index (κ2) is 6.91. The number of benzene rings is 1. The summed E-state index contributed by atoms with van der Waals surface area (Å²) < 4.78 is 0.808. The summed E-state index contributed by atoms with van der Waals surface area (Å²) >= 11 is 3.43. The standard InChI is InChI=1S/C20H16BrN5O/c1-12(27)26-6-5-15-16(8-22)19(25)20(10-23,11-24)18(17(15)9-26)13-3-2-4-14(21)7-13/h2-5,7,17-18H,6,9,25H2,1H3/t17-,18-/m0/s1. The fourth-order valence-electron chi connectivity index (χ4n) is 4.01. The van der Waals surface area contributed by atoms with Gasteiger partial charge in [0.2, 0.25) is 5.91 Å². The molecule has 0 saturated heterocycles. The molecule has 0 unspecified atom stereocenters.